The second kappa shape index (κ2) is 5.70. The van der Waals surface area contributed by atoms with Crippen molar-refractivity contribution >= 4 is 17.9 Å². The van der Waals surface area contributed by atoms with E-state index in [2.05, 4.69) is 10.6 Å². The molecule has 1 fully saturated rings. The fourth-order valence-electron chi connectivity index (χ4n) is 1.69. The molecule has 3 N–H and O–H groups in total. The van der Waals surface area contributed by atoms with Crippen LogP contribution in [0.3, 0.4) is 0 Å². The summed E-state index contributed by atoms with van der Waals surface area (Å²) in [7, 11) is 3.27. The Morgan fingerprint density at radius 1 is 1.28 bits per heavy atom. The van der Waals surface area contributed by atoms with E-state index in [0.29, 0.717) is 12.8 Å². The predicted molar refractivity (Wildman–Crippen MR) is 64.1 cm³/mol. The van der Waals surface area contributed by atoms with E-state index >= 15 is 0 Å². The summed E-state index contributed by atoms with van der Waals surface area (Å²) in [5.41, 5.74) is -1.12. The third kappa shape index (κ3) is 3.35. The van der Waals surface area contributed by atoms with Gasteiger partial charge in [0.25, 0.3) is 0 Å². The van der Waals surface area contributed by atoms with Gasteiger partial charge >= 0.3 is 12.0 Å². The number of nitrogens with zero attached hydrogens (tertiary/aromatic N) is 1. The van der Waals surface area contributed by atoms with Crippen molar-refractivity contribution in [3.05, 3.63) is 0 Å². The average molecular weight is 257 g/mol. The smallest absolute Gasteiger partial charge is 0.329 e. The molecule has 0 saturated heterocycles. The number of aliphatic carboxylic acids is 1. The van der Waals surface area contributed by atoms with Gasteiger partial charge in [-0.25, -0.2) is 9.59 Å². The normalized spacial score (nSPS) is 16.3. The molecule has 0 aromatic rings. The topological polar surface area (TPSA) is 98.7 Å². The van der Waals surface area contributed by atoms with E-state index in [1.54, 1.807) is 14.1 Å². The largest absolute Gasteiger partial charge is 0.480 e. The lowest BCUT2D eigenvalue weighted by molar-refractivity contribution is -0.148. The summed E-state index contributed by atoms with van der Waals surface area (Å²) in [5.74, 6) is -1.10. The Kier molecular flexibility index (Phi) is 4.52. The van der Waals surface area contributed by atoms with Crippen LogP contribution >= 0.6 is 0 Å². The molecule has 7 heteroatoms. The van der Waals surface area contributed by atoms with Gasteiger partial charge in [-0.05, 0) is 19.3 Å². The maximum absolute atomic E-state index is 11.5. The van der Waals surface area contributed by atoms with Gasteiger partial charge in [0.1, 0.15) is 5.54 Å². The van der Waals surface area contributed by atoms with E-state index in [9.17, 15) is 14.4 Å². The molecule has 18 heavy (non-hydrogen) atoms. The number of amides is 3. The Hall–Kier alpha value is -1.79. The van der Waals surface area contributed by atoms with E-state index in [1.807, 2.05) is 0 Å². The first-order valence-electron chi connectivity index (χ1n) is 5.87. The summed E-state index contributed by atoms with van der Waals surface area (Å²) in [4.78, 5) is 35.2. The molecule has 0 atom stereocenters. The van der Waals surface area contributed by atoms with Crippen LogP contribution in [0.4, 0.5) is 4.79 Å². The molecular formula is C11H19N3O4. The second-order valence-corrected chi connectivity index (χ2v) is 4.66. The van der Waals surface area contributed by atoms with Crippen molar-refractivity contribution < 1.29 is 19.5 Å². The van der Waals surface area contributed by atoms with Crippen LogP contribution in [0.1, 0.15) is 25.7 Å². The molecule has 7 nitrogen and oxygen atoms in total. The summed E-state index contributed by atoms with van der Waals surface area (Å²) >= 11 is 0. The summed E-state index contributed by atoms with van der Waals surface area (Å²) in [6.45, 7) is 0.193. The molecule has 0 radical (unpaired) electrons. The van der Waals surface area contributed by atoms with Crippen LogP contribution in [-0.4, -0.2) is 54.1 Å². The number of hydrogen-bond acceptors (Lipinski definition) is 3. The number of urea groups is 1. The molecule has 0 bridgehead atoms. The number of nitrogens with one attached hydrogen (secondary N) is 2. The van der Waals surface area contributed by atoms with Crippen LogP contribution in [0.5, 0.6) is 0 Å². The minimum absolute atomic E-state index is 0.0908. The second-order valence-electron chi connectivity index (χ2n) is 4.66. The number of carbonyl (C=O) groups is 3. The van der Waals surface area contributed by atoms with Gasteiger partial charge in [-0.2, -0.15) is 0 Å². The quantitative estimate of drug-likeness (QED) is 0.633. The highest BCUT2D eigenvalue weighted by Gasteiger charge is 2.45. The van der Waals surface area contributed by atoms with E-state index in [0.717, 1.165) is 6.42 Å². The van der Waals surface area contributed by atoms with Crippen LogP contribution in [-0.2, 0) is 9.59 Å². The molecule has 3 amide bonds. The van der Waals surface area contributed by atoms with E-state index < -0.39 is 17.5 Å². The van der Waals surface area contributed by atoms with Crippen molar-refractivity contribution in [2.24, 2.45) is 0 Å². The van der Waals surface area contributed by atoms with Gasteiger partial charge in [-0.3, -0.25) is 4.79 Å². The minimum atomic E-state index is -1.12. The lowest BCUT2D eigenvalue weighted by atomic mass is 9.77. The molecule has 0 aliphatic heterocycles. The van der Waals surface area contributed by atoms with Crippen LogP contribution < -0.4 is 10.6 Å². The third-order valence-corrected chi connectivity index (χ3v) is 3.09. The van der Waals surface area contributed by atoms with Gasteiger partial charge < -0.3 is 20.6 Å². The Labute approximate surface area is 106 Å². The Bertz CT molecular complexity index is 350. The van der Waals surface area contributed by atoms with Gasteiger partial charge in [0.2, 0.25) is 5.91 Å². The third-order valence-electron chi connectivity index (χ3n) is 3.09. The van der Waals surface area contributed by atoms with Crippen molar-refractivity contribution in [2.75, 3.05) is 20.6 Å². The zero-order valence-corrected chi connectivity index (χ0v) is 10.7. The molecule has 0 aromatic carbocycles. The molecule has 102 valence electrons. The molecular weight excluding hydrogens is 238 g/mol. The number of hydrogen-bond donors (Lipinski definition) is 3. The Morgan fingerprint density at radius 3 is 2.28 bits per heavy atom. The lowest BCUT2D eigenvalue weighted by Gasteiger charge is -2.38. The van der Waals surface area contributed by atoms with Crippen molar-refractivity contribution in [2.45, 2.75) is 31.2 Å². The number of carbonyl (C=O) groups excluding carboxylic acids is 2. The minimum Gasteiger partial charge on any atom is -0.480 e. The first-order chi connectivity index (χ1) is 8.37. The van der Waals surface area contributed by atoms with Crippen molar-refractivity contribution in [1.82, 2.24) is 15.5 Å². The van der Waals surface area contributed by atoms with Crippen LogP contribution in [0.2, 0.25) is 0 Å². The lowest BCUT2D eigenvalue weighted by Crippen LogP contribution is -2.61. The highest BCUT2D eigenvalue weighted by molar-refractivity contribution is 5.87. The fraction of sp³-hybridized carbons (Fsp3) is 0.727. The van der Waals surface area contributed by atoms with Crippen LogP contribution in [0.15, 0.2) is 0 Å². The van der Waals surface area contributed by atoms with E-state index in [-0.39, 0.29) is 18.9 Å². The maximum atomic E-state index is 11.5. The standard InChI is InChI=1S/C11H19N3O4/c1-14(2)8(15)4-7-12-10(18)13-11(9(16)17)5-3-6-11/h3-7H2,1-2H3,(H,16,17)(H2,12,13,18). The molecule has 0 spiro atoms. The number of carboxylic acid groups (broad SMARTS) is 1. The van der Waals surface area contributed by atoms with Gasteiger partial charge in [-0.1, -0.05) is 0 Å². The Morgan fingerprint density at radius 2 is 1.89 bits per heavy atom. The predicted octanol–water partition coefficient (Wildman–Crippen LogP) is -0.229. The zero-order valence-electron chi connectivity index (χ0n) is 10.7. The summed E-state index contributed by atoms with van der Waals surface area (Å²) in [6.07, 6.45) is 1.89. The molecule has 0 unspecified atom stereocenters. The number of rotatable bonds is 5. The maximum Gasteiger partial charge on any atom is 0.329 e. The van der Waals surface area contributed by atoms with Gasteiger partial charge in [0.15, 0.2) is 0 Å². The van der Waals surface area contributed by atoms with Gasteiger partial charge in [0, 0.05) is 27.1 Å². The van der Waals surface area contributed by atoms with Gasteiger partial charge in [-0.15, -0.1) is 0 Å². The molecule has 0 heterocycles. The zero-order chi connectivity index (χ0) is 13.8. The average Bonchev–Trinajstić information content (AvgIpc) is 2.22. The van der Waals surface area contributed by atoms with E-state index in [1.165, 1.54) is 4.90 Å². The fourth-order valence-corrected chi connectivity index (χ4v) is 1.69. The molecule has 1 aliphatic rings. The summed E-state index contributed by atoms with van der Waals surface area (Å²) in [5, 5.41) is 14.0. The molecule has 1 saturated carbocycles. The number of carboxylic acids is 1. The highest BCUT2D eigenvalue weighted by Crippen LogP contribution is 2.31. The van der Waals surface area contributed by atoms with Crippen LogP contribution in [0, 0.1) is 0 Å². The first-order valence-corrected chi connectivity index (χ1v) is 5.87. The summed E-state index contributed by atoms with van der Waals surface area (Å²) in [6, 6.07) is -0.538. The molecule has 0 aromatic heterocycles. The van der Waals surface area contributed by atoms with Crippen molar-refractivity contribution in [1.29, 1.82) is 0 Å². The SMILES string of the molecule is CN(C)C(=O)CCNC(=O)NC1(C(=O)O)CCC1. The van der Waals surface area contributed by atoms with E-state index in [4.69, 9.17) is 5.11 Å². The molecule has 1 aliphatic carbocycles. The van der Waals surface area contributed by atoms with Gasteiger partial charge in [0.05, 0.1) is 0 Å². The highest BCUT2D eigenvalue weighted by atomic mass is 16.4. The first kappa shape index (κ1) is 14.3. The van der Waals surface area contributed by atoms with Crippen molar-refractivity contribution in [3.63, 3.8) is 0 Å². The van der Waals surface area contributed by atoms with Crippen LogP contribution in [0.25, 0.3) is 0 Å². The monoisotopic (exact) mass is 257 g/mol. The summed E-state index contributed by atoms with van der Waals surface area (Å²) < 4.78 is 0. The molecule has 1 rings (SSSR count). The Balaban J connectivity index is 2.30. The van der Waals surface area contributed by atoms with Crippen molar-refractivity contribution in [3.8, 4) is 0 Å².